The SMILES string of the molecule is c1ccc(-c2ccc(N(c3ccc(-c4ccc5ccccc5c4)cc3-c3ccccc3)c3cccc4c3c3ccccc3n4-c3ccccc3)c(-c3ccccc3)c2)cc1. The van der Waals surface area contributed by atoms with Crippen LogP contribution < -0.4 is 4.90 Å². The highest BCUT2D eigenvalue weighted by Crippen LogP contribution is 2.50. The Bertz CT molecular complexity index is 3300. The molecule has 11 rings (SSSR count). The molecule has 0 N–H and O–H groups in total. The van der Waals surface area contributed by atoms with Crippen molar-refractivity contribution in [2.24, 2.45) is 0 Å². The normalized spacial score (nSPS) is 11.3. The van der Waals surface area contributed by atoms with Crippen LogP contribution in [0.5, 0.6) is 0 Å². The lowest BCUT2D eigenvalue weighted by molar-refractivity contribution is 1.18. The first-order valence-corrected chi connectivity index (χ1v) is 20.6. The second-order valence-electron chi connectivity index (χ2n) is 15.3. The number of nitrogens with zero attached hydrogens (tertiary/aromatic N) is 2. The summed E-state index contributed by atoms with van der Waals surface area (Å²) in [6.07, 6.45) is 0. The highest BCUT2D eigenvalue weighted by molar-refractivity contribution is 6.17. The third-order valence-electron chi connectivity index (χ3n) is 11.8. The van der Waals surface area contributed by atoms with Crippen LogP contribution in [0, 0.1) is 0 Å². The third kappa shape index (κ3) is 6.23. The largest absolute Gasteiger partial charge is 0.309 e. The van der Waals surface area contributed by atoms with Crippen molar-refractivity contribution in [3.8, 4) is 50.2 Å². The molecule has 0 spiro atoms. The van der Waals surface area contributed by atoms with Crippen LogP contribution in [0.15, 0.2) is 243 Å². The predicted molar refractivity (Wildman–Crippen MR) is 255 cm³/mol. The molecule has 1 aromatic heterocycles. The summed E-state index contributed by atoms with van der Waals surface area (Å²) in [5.74, 6) is 0. The van der Waals surface area contributed by atoms with Crippen molar-refractivity contribution in [2.75, 3.05) is 4.90 Å². The van der Waals surface area contributed by atoms with Gasteiger partial charge in [0.05, 0.1) is 28.1 Å². The molecule has 0 aliphatic carbocycles. The lowest BCUT2D eigenvalue weighted by Crippen LogP contribution is -2.13. The Morgan fingerprint density at radius 3 is 1.42 bits per heavy atom. The van der Waals surface area contributed by atoms with E-state index in [1.54, 1.807) is 0 Å². The van der Waals surface area contributed by atoms with Gasteiger partial charge in [0.1, 0.15) is 0 Å². The highest BCUT2D eigenvalue weighted by atomic mass is 15.2. The van der Waals surface area contributed by atoms with Crippen molar-refractivity contribution in [3.05, 3.63) is 243 Å². The Morgan fingerprint density at radius 2 is 0.767 bits per heavy atom. The molecule has 0 saturated heterocycles. The van der Waals surface area contributed by atoms with E-state index in [4.69, 9.17) is 0 Å². The van der Waals surface area contributed by atoms with E-state index in [9.17, 15) is 0 Å². The maximum Gasteiger partial charge on any atom is 0.0562 e. The molecule has 11 aromatic rings. The summed E-state index contributed by atoms with van der Waals surface area (Å²) in [4.78, 5) is 2.52. The topological polar surface area (TPSA) is 8.17 Å². The first-order chi connectivity index (χ1) is 29.8. The molecule has 0 bridgehead atoms. The van der Waals surface area contributed by atoms with Gasteiger partial charge >= 0.3 is 0 Å². The van der Waals surface area contributed by atoms with Crippen LogP contribution in [-0.2, 0) is 0 Å². The van der Waals surface area contributed by atoms with Gasteiger partial charge in [-0.05, 0) is 105 Å². The van der Waals surface area contributed by atoms with Gasteiger partial charge in [-0.1, -0.05) is 182 Å². The Labute approximate surface area is 350 Å². The average molecular weight is 765 g/mol. The van der Waals surface area contributed by atoms with Crippen molar-refractivity contribution < 1.29 is 0 Å². The summed E-state index contributed by atoms with van der Waals surface area (Å²) in [6, 6.07) is 88.1. The molecule has 282 valence electrons. The zero-order valence-electron chi connectivity index (χ0n) is 33.0. The number of hydrogen-bond donors (Lipinski definition) is 0. The molecule has 0 unspecified atom stereocenters. The van der Waals surface area contributed by atoms with E-state index in [1.807, 2.05) is 0 Å². The zero-order valence-corrected chi connectivity index (χ0v) is 33.0. The quantitative estimate of drug-likeness (QED) is 0.150. The van der Waals surface area contributed by atoms with E-state index < -0.39 is 0 Å². The molecular weight excluding hydrogens is 725 g/mol. The summed E-state index contributed by atoms with van der Waals surface area (Å²) >= 11 is 0. The summed E-state index contributed by atoms with van der Waals surface area (Å²) in [5.41, 5.74) is 16.1. The minimum Gasteiger partial charge on any atom is -0.309 e. The van der Waals surface area contributed by atoms with E-state index in [2.05, 4.69) is 252 Å². The second-order valence-corrected chi connectivity index (χ2v) is 15.3. The lowest BCUT2D eigenvalue weighted by atomic mass is 9.93. The van der Waals surface area contributed by atoms with Gasteiger partial charge in [0.2, 0.25) is 0 Å². The van der Waals surface area contributed by atoms with E-state index in [0.717, 1.165) is 50.5 Å². The number of hydrogen-bond acceptors (Lipinski definition) is 1. The van der Waals surface area contributed by atoms with E-state index >= 15 is 0 Å². The predicted octanol–water partition coefficient (Wildman–Crippen LogP) is 16.1. The zero-order chi connectivity index (χ0) is 39.8. The molecule has 0 fully saturated rings. The fourth-order valence-corrected chi connectivity index (χ4v) is 8.95. The standard InChI is InChI=1S/C58H40N2/c1-5-18-41(19-6-1)47-34-36-54(51(39-47)43-21-7-2-8-22-43)60(57-31-17-30-56-58(57)50-28-15-16-29-53(50)59(56)49-26-11-4-12-27-49)55-37-35-48(40-52(55)44-23-9-3-10-24-44)46-33-32-42-20-13-14-25-45(42)38-46/h1-40H. The molecule has 0 atom stereocenters. The van der Waals surface area contributed by atoms with Crippen molar-refractivity contribution in [3.63, 3.8) is 0 Å². The molecule has 2 nitrogen and oxygen atoms in total. The summed E-state index contributed by atoms with van der Waals surface area (Å²) in [6.45, 7) is 0. The van der Waals surface area contributed by atoms with Gasteiger partial charge in [-0.3, -0.25) is 0 Å². The van der Waals surface area contributed by atoms with Crippen LogP contribution in [0.25, 0.3) is 82.8 Å². The van der Waals surface area contributed by atoms with Crippen molar-refractivity contribution in [1.82, 2.24) is 4.57 Å². The molecule has 10 aromatic carbocycles. The second kappa shape index (κ2) is 15.1. The van der Waals surface area contributed by atoms with Gasteiger partial charge in [-0.2, -0.15) is 0 Å². The molecule has 0 aliphatic rings. The molecule has 60 heavy (non-hydrogen) atoms. The first-order valence-electron chi connectivity index (χ1n) is 20.6. The Kier molecular flexibility index (Phi) is 8.87. The molecule has 0 saturated carbocycles. The monoisotopic (exact) mass is 764 g/mol. The molecule has 1 heterocycles. The molecule has 0 aliphatic heterocycles. The summed E-state index contributed by atoms with van der Waals surface area (Å²) < 4.78 is 2.41. The van der Waals surface area contributed by atoms with Crippen molar-refractivity contribution in [1.29, 1.82) is 0 Å². The van der Waals surface area contributed by atoms with Gasteiger partial charge in [0, 0.05) is 27.6 Å². The van der Waals surface area contributed by atoms with Gasteiger partial charge < -0.3 is 9.47 Å². The Balaban J connectivity index is 1.24. The van der Waals surface area contributed by atoms with Crippen LogP contribution in [0.3, 0.4) is 0 Å². The van der Waals surface area contributed by atoms with Gasteiger partial charge in [-0.15, -0.1) is 0 Å². The fraction of sp³-hybridized carbons (Fsp3) is 0. The molecular formula is C58H40N2. The fourth-order valence-electron chi connectivity index (χ4n) is 8.95. The molecule has 2 heteroatoms. The minimum atomic E-state index is 1.10. The number of fused-ring (bicyclic) bond motifs is 4. The smallest absolute Gasteiger partial charge is 0.0562 e. The van der Waals surface area contributed by atoms with E-state index in [1.165, 1.54) is 49.3 Å². The van der Waals surface area contributed by atoms with Crippen LogP contribution >= 0.6 is 0 Å². The van der Waals surface area contributed by atoms with Crippen molar-refractivity contribution >= 4 is 49.6 Å². The number of rotatable bonds is 8. The molecule has 0 amide bonds. The molecule has 0 radical (unpaired) electrons. The van der Waals surface area contributed by atoms with Crippen LogP contribution in [0.2, 0.25) is 0 Å². The van der Waals surface area contributed by atoms with Crippen LogP contribution in [-0.4, -0.2) is 4.57 Å². The third-order valence-corrected chi connectivity index (χ3v) is 11.8. The van der Waals surface area contributed by atoms with Crippen LogP contribution in [0.1, 0.15) is 0 Å². The number of aromatic nitrogens is 1. The van der Waals surface area contributed by atoms with Crippen molar-refractivity contribution in [2.45, 2.75) is 0 Å². The maximum atomic E-state index is 2.52. The number of anilines is 3. The Morgan fingerprint density at radius 1 is 0.283 bits per heavy atom. The summed E-state index contributed by atoms with van der Waals surface area (Å²) in [5, 5.41) is 4.87. The average Bonchev–Trinajstić information content (AvgIpc) is 3.68. The maximum absolute atomic E-state index is 2.52. The number of para-hydroxylation sites is 2. The van der Waals surface area contributed by atoms with Gasteiger partial charge in [-0.25, -0.2) is 0 Å². The Hall–Kier alpha value is -7.94. The van der Waals surface area contributed by atoms with Gasteiger partial charge in [0.15, 0.2) is 0 Å². The first kappa shape index (κ1) is 35.2. The number of benzene rings is 10. The van der Waals surface area contributed by atoms with Gasteiger partial charge in [0.25, 0.3) is 0 Å². The summed E-state index contributed by atoms with van der Waals surface area (Å²) in [7, 11) is 0. The highest BCUT2D eigenvalue weighted by Gasteiger charge is 2.26. The van der Waals surface area contributed by atoms with E-state index in [-0.39, 0.29) is 0 Å². The van der Waals surface area contributed by atoms with Crippen LogP contribution in [0.4, 0.5) is 17.1 Å². The minimum absolute atomic E-state index is 1.10. The lowest BCUT2D eigenvalue weighted by Gasteiger charge is -2.31. The van der Waals surface area contributed by atoms with E-state index in [0.29, 0.717) is 0 Å².